The summed E-state index contributed by atoms with van der Waals surface area (Å²) in [6, 6.07) is 14.0. The molecule has 124 valence electrons. The van der Waals surface area contributed by atoms with Gasteiger partial charge in [0.2, 0.25) is 4.80 Å². The highest BCUT2D eigenvalue weighted by Crippen LogP contribution is 2.28. The van der Waals surface area contributed by atoms with Crippen molar-refractivity contribution < 1.29 is 4.42 Å². The Kier molecular flexibility index (Phi) is 4.45. The van der Waals surface area contributed by atoms with E-state index in [9.17, 15) is 0 Å². The molecule has 4 nitrogen and oxygen atoms in total. The fraction of sp³-hybridized carbons (Fsp3) is 0.0526. The summed E-state index contributed by atoms with van der Waals surface area (Å²) in [5, 5.41) is 9.75. The first kappa shape index (κ1) is 15.8. The summed E-state index contributed by atoms with van der Waals surface area (Å²) >= 11 is 3.18. The molecule has 25 heavy (non-hydrogen) atoms. The molecule has 0 saturated heterocycles. The molecule has 0 amide bonds. The molecule has 0 aliphatic heterocycles. The maximum Gasteiger partial charge on any atom is 0.206 e. The summed E-state index contributed by atoms with van der Waals surface area (Å²) in [6.07, 6.45) is 3.62. The fourth-order valence-electron chi connectivity index (χ4n) is 2.42. The molecule has 0 N–H and O–H groups in total. The van der Waals surface area contributed by atoms with Crippen molar-refractivity contribution in [2.24, 2.45) is 10.1 Å². The van der Waals surface area contributed by atoms with Crippen LogP contribution in [0.25, 0.3) is 22.4 Å². The minimum Gasteiger partial charge on any atom is -0.454 e. The predicted octanol–water partition coefficient (Wildman–Crippen LogP) is 4.99. The predicted molar refractivity (Wildman–Crippen MR) is 105 cm³/mol. The first-order valence-corrected chi connectivity index (χ1v) is 9.50. The summed E-state index contributed by atoms with van der Waals surface area (Å²) in [5.41, 5.74) is 1.75. The van der Waals surface area contributed by atoms with E-state index in [2.05, 4.69) is 16.7 Å². The molecule has 0 aliphatic rings. The zero-order valence-corrected chi connectivity index (χ0v) is 15.0. The molecule has 0 radical (unpaired) electrons. The SMILES string of the molecule is C=CCN=c1scc(-c2cc3ccccc3o2)n1N=Cc1cccs1. The van der Waals surface area contributed by atoms with Crippen molar-refractivity contribution in [2.75, 3.05) is 6.54 Å². The average Bonchev–Trinajstić information content (AvgIpc) is 3.36. The number of hydrogen-bond acceptors (Lipinski definition) is 5. The number of thiophene rings is 1. The van der Waals surface area contributed by atoms with Crippen molar-refractivity contribution >= 4 is 39.9 Å². The van der Waals surface area contributed by atoms with Crippen LogP contribution in [0.1, 0.15) is 4.88 Å². The van der Waals surface area contributed by atoms with Crippen LogP contribution < -0.4 is 4.80 Å². The molecule has 0 spiro atoms. The number of fused-ring (bicyclic) bond motifs is 1. The monoisotopic (exact) mass is 365 g/mol. The van der Waals surface area contributed by atoms with E-state index >= 15 is 0 Å². The third-order valence-corrected chi connectivity index (χ3v) is 5.22. The van der Waals surface area contributed by atoms with Crippen molar-refractivity contribution in [3.8, 4) is 11.5 Å². The number of nitrogens with zero attached hydrogens (tertiary/aromatic N) is 3. The largest absolute Gasteiger partial charge is 0.454 e. The lowest BCUT2D eigenvalue weighted by atomic mass is 10.2. The summed E-state index contributed by atoms with van der Waals surface area (Å²) in [7, 11) is 0. The minimum atomic E-state index is 0.550. The second kappa shape index (κ2) is 7.04. The first-order valence-electron chi connectivity index (χ1n) is 7.74. The lowest BCUT2D eigenvalue weighted by Crippen LogP contribution is -2.12. The zero-order valence-electron chi connectivity index (χ0n) is 13.3. The van der Waals surface area contributed by atoms with Crippen molar-refractivity contribution in [1.82, 2.24) is 4.68 Å². The lowest BCUT2D eigenvalue weighted by Gasteiger charge is -1.99. The molecule has 3 aromatic heterocycles. The Hall–Kier alpha value is -2.70. The molecular weight excluding hydrogens is 350 g/mol. The van der Waals surface area contributed by atoms with Crippen LogP contribution in [0.4, 0.5) is 0 Å². The van der Waals surface area contributed by atoms with Gasteiger partial charge in [-0.15, -0.1) is 29.3 Å². The van der Waals surface area contributed by atoms with E-state index < -0.39 is 0 Å². The van der Waals surface area contributed by atoms with Gasteiger partial charge in [0.25, 0.3) is 0 Å². The molecule has 0 unspecified atom stereocenters. The van der Waals surface area contributed by atoms with E-state index in [4.69, 9.17) is 4.42 Å². The molecule has 0 saturated carbocycles. The van der Waals surface area contributed by atoms with Gasteiger partial charge >= 0.3 is 0 Å². The molecule has 0 atom stereocenters. The zero-order chi connectivity index (χ0) is 17.1. The van der Waals surface area contributed by atoms with Gasteiger partial charge in [-0.3, -0.25) is 4.99 Å². The van der Waals surface area contributed by atoms with E-state index in [0.29, 0.717) is 6.54 Å². The fourth-order valence-corrected chi connectivity index (χ4v) is 3.83. The van der Waals surface area contributed by atoms with Gasteiger partial charge in [-0.25, -0.2) is 4.68 Å². The van der Waals surface area contributed by atoms with Gasteiger partial charge in [0.15, 0.2) is 5.76 Å². The summed E-state index contributed by atoms with van der Waals surface area (Å²) in [6.45, 7) is 4.28. The Morgan fingerprint density at radius 3 is 2.88 bits per heavy atom. The van der Waals surface area contributed by atoms with Gasteiger partial charge in [-0.1, -0.05) is 30.3 Å². The summed E-state index contributed by atoms with van der Waals surface area (Å²) < 4.78 is 7.83. The van der Waals surface area contributed by atoms with Gasteiger partial charge in [0.05, 0.1) is 12.8 Å². The number of rotatable bonds is 5. The molecule has 4 rings (SSSR count). The Labute approximate surface area is 152 Å². The number of hydrogen-bond donors (Lipinski definition) is 0. The molecular formula is C19H15N3OS2. The van der Waals surface area contributed by atoms with Crippen LogP contribution in [0.3, 0.4) is 0 Å². The van der Waals surface area contributed by atoms with Gasteiger partial charge in [-0.05, 0) is 23.6 Å². The highest BCUT2D eigenvalue weighted by atomic mass is 32.1. The molecule has 4 aromatic rings. The highest BCUT2D eigenvalue weighted by molar-refractivity contribution is 7.11. The molecule has 0 bridgehead atoms. The summed E-state index contributed by atoms with van der Waals surface area (Å²) in [4.78, 5) is 6.43. The van der Waals surface area contributed by atoms with Crippen molar-refractivity contribution in [2.45, 2.75) is 0 Å². The van der Waals surface area contributed by atoms with Gasteiger partial charge in [0.1, 0.15) is 11.3 Å². The Morgan fingerprint density at radius 1 is 1.16 bits per heavy atom. The lowest BCUT2D eigenvalue weighted by molar-refractivity contribution is 0.621. The second-order valence-electron chi connectivity index (χ2n) is 5.25. The van der Waals surface area contributed by atoms with E-state index in [0.717, 1.165) is 32.1 Å². The van der Waals surface area contributed by atoms with Crippen LogP contribution in [0.5, 0.6) is 0 Å². The molecule has 6 heteroatoms. The third-order valence-electron chi connectivity index (χ3n) is 3.56. The van der Waals surface area contributed by atoms with E-state index in [1.807, 2.05) is 64.1 Å². The topological polar surface area (TPSA) is 42.8 Å². The molecule has 3 heterocycles. The standard InChI is InChI=1S/C19H15N3OS2/c1-2-9-20-19-22(21-12-15-7-5-10-24-15)16(13-25-19)18-11-14-6-3-4-8-17(14)23-18/h2-8,10-13H,1,9H2. The third kappa shape index (κ3) is 3.26. The Bertz CT molecular complexity index is 1060. The van der Waals surface area contributed by atoms with Crippen LogP contribution in [0.2, 0.25) is 0 Å². The van der Waals surface area contributed by atoms with Crippen LogP contribution >= 0.6 is 22.7 Å². The van der Waals surface area contributed by atoms with Crippen molar-refractivity contribution in [3.05, 3.63) is 75.6 Å². The maximum absolute atomic E-state index is 6.00. The number of benzene rings is 1. The normalized spacial score (nSPS) is 12.4. The van der Waals surface area contributed by atoms with Crippen LogP contribution in [0, 0.1) is 0 Å². The van der Waals surface area contributed by atoms with E-state index in [1.54, 1.807) is 17.4 Å². The van der Waals surface area contributed by atoms with Crippen molar-refractivity contribution in [1.29, 1.82) is 0 Å². The van der Waals surface area contributed by atoms with Crippen LogP contribution in [-0.4, -0.2) is 17.4 Å². The van der Waals surface area contributed by atoms with E-state index in [1.165, 1.54) is 11.3 Å². The van der Waals surface area contributed by atoms with Gasteiger partial charge in [0, 0.05) is 15.6 Å². The maximum atomic E-state index is 6.00. The minimum absolute atomic E-state index is 0.550. The average molecular weight is 365 g/mol. The Balaban J connectivity index is 1.84. The summed E-state index contributed by atoms with van der Waals surface area (Å²) in [5.74, 6) is 0.779. The number of para-hydroxylation sites is 1. The molecule has 0 fully saturated rings. The van der Waals surface area contributed by atoms with Gasteiger partial charge < -0.3 is 4.42 Å². The van der Waals surface area contributed by atoms with Gasteiger partial charge in [-0.2, -0.15) is 5.10 Å². The smallest absolute Gasteiger partial charge is 0.206 e. The van der Waals surface area contributed by atoms with Crippen molar-refractivity contribution in [3.63, 3.8) is 0 Å². The first-order chi connectivity index (χ1) is 12.3. The Morgan fingerprint density at radius 2 is 2.08 bits per heavy atom. The van der Waals surface area contributed by atoms with Crippen LogP contribution in [0.15, 0.2) is 80.4 Å². The highest BCUT2D eigenvalue weighted by Gasteiger charge is 2.12. The van der Waals surface area contributed by atoms with Crippen LogP contribution in [-0.2, 0) is 0 Å². The number of aromatic nitrogens is 1. The molecule has 1 aromatic carbocycles. The van der Waals surface area contributed by atoms with E-state index in [-0.39, 0.29) is 0 Å². The number of furan rings is 1. The molecule has 0 aliphatic carbocycles. The quantitative estimate of drug-likeness (QED) is 0.363. The number of thiazole rings is 1. The second-order valence-corrected chi connectivity index (χ2v) is 7.07.